The zero-order valence-corrected chi connectivity index (χ0v) is 13.3. The standard InChI is InChI=1S/C17H26ClNO/c1-14(2)19-17(20)13-16(11-7-4-8-12-18)15-9-5-3-6-10-15/h3,5-6,9-10,14,16H,4,7-8,11-13H2,1-2H3,(H,19,20). The van der Waals surface area contributed by atoms with Gasteiger partial charge in [0, 0.05) is 18.3 Å². The molecule has 1 atom stereocenters. The van der Waals surface area contributed by atoms with Crippen molar-refractivity contribution < 1.29 is 4.79 Å². The van der Waals surface area contributed by atoms with Gasteiger partial charge in [-0.2, -0.15) is 0 Å². The van der Waals surface area contributed by atoms with E-state index in [9.17, 15) is 4.79 Å². The lowest BCUT2D eigenvalue weighted by Gasteiger charge is -2.18. The van der Waals surface area contributed by atoms with Crippen LogP contribution >= 0.6 is 11.6 Å². The summed E-state index contributed by atoms with van der Waals surface area (Å²) in [6, 6.07) is 10.5. The number of alkyl halides is 1. The van der Waals surface area contributed by atoms with Gasteiger partial charge in [0.05, 0.1) is 0 Å². The van der Waals surface area contributed by atoms with E-state index < -0.39 is 0 Å². The average Bonchev–Trinajstić information content (AvgIpc) is 2.42. The number of benzene rings is 1. The largest absolute Gasteiger partial charge is 0.354 e. The summed E-state index contributed by atoms with van der Waals surface area (Å²) in [5, 5.41) is 2.98. The van der Waals surface area contributed by atoms with Crippen LogP contribution in [-0.4, -0.2) is 17.8 Å². The molecule has 0 fully saturated rings. The van der Waals surface area contributed by atoms with E-state index in [0.717, 1.165) is 31.6 Å². The molecule has 0 aliphatic rings. The first-order valence-corrected chi connectivity index (χ1v) is 8.07. The van der Waals surface area contributed by atoms with Crippen LogP contribution in [-0.2, 0) is 4.79 Å². The molecule has 0 aliphatic carbocycles. The summed E-state index contributed by atoms with van der Waals surface area (Å²) >= 11 is 5.71. The van der Waals surface area contributed by atoms with E-state index in [0.29, 0.717) is 12.3 Å². The third-order valence-electron chi connectivity index (χ3n) is 3.34. The van der Waals surface area contributed by atoms with Crippen molar-refractivity contribution in [3.05, 3.63) is 35.9 Å². The van der Waals surface area contributed by atoms with Gasteiger partial charge in [-0.05, 0) is 38.2 Å². The number of halogens is 1. The maximum atomic E-state index is 12.0. The zero-order valence-electron chi connectivity index (χ0n) is 12.6. The van der Waals surface area contributed by atoms with Gasteiger partial charge in [0.15, 0.2) is 0 Å². The summed E-state index contributed by atoms with van der Waals surface area (Å²) in [6.07, 6.45) is 4.94. The molecule has 1 unspecified atom stereocenters. The lowest BCUT2D eigenvalue weighted by Crippen LogP contribution is -2.31. The molecule has 1 N–H and O–H groups in total. The van der Waals surface area contributed by atoms with Crippen LogP contribution in [0.3, 0.4) is 0 Å². The number of nitrogens with one attached hydrogen (secondary N) is 1. The fourth-order valence-electron chi connectivity index (χ4n) is 2.38. The van der Waals surface area contributed by atoms with Crippen LogP contribution in [0.25, 0.3) is 0 Å². The summed E-state index contributed by atoms with van der Waals surface area (Å²) in [6.45, 7) is 3.99. The number of amides is 1. The molecule has 2 nitrogen and oxygen atoms in total. The Morgan fingerprint density at radius 1 is 1.15 bits per heavy atom. The third-order valence-corrected chi connectivity index (χ3v) is 3.61. The Labute approximate surface area is 127 Å². The van der Waals surface area contributed by atoms with Crippen molar-refractivity contribution in [2.24, 2.45) is 0 Å². The molecule has 1 rings (SSSR count). The van der Waals surface area contributed by atoms with Gasteiger partial charge in [-0.3, -0.25) is 4.79 Å². The minimum Gasteiger partial charge on any atom is -0.354 e. The normalized spacial score (nSPS) is 12.4. The molecule has 0 spiro atoms. The minimum absolute atomic E-state index is 0.145. The summed E-state index contributed by atoms with van der Waals surface area (Å²) in [7, 11) is 0. The van der Waals surface area contributed by atoms with Crippen LogP contribution < -0.4 is 5.32 Å². The predicted molar refractivity (Wildman–Crippen MR) is 86.3 cm³/mol. The molecule has 20 heavy (non-hydrogen) atoms. The molecular weight excluding hydrogens is 270 g/mol. The van der Waals surface area contributed by atoms with Crippen molar-refractivity contribution >= 4 is 17.5 Å². The minimum atomic E-state index is 0.145. The van der Waals surface area contributed by atoms with Crippen LogP contribution in [0.15, 0.2) is 30.3 Å². The molecule has 1 aromatic rings. The molecule has 0 radical (unpaired) electrons. The molecule has 0 bridgehead atoms. The maximum absolute atomic E-state index is 12.0. The molecular formula is C17H26ClNO. The predicted octanol–water partition coefficient (Wildman–Crippen LogP) is 4.48. The second-order valence-corrected chi connectivity index (χ2v) is 5.95. The van der Waals surface area contributed by atoms with Crippen LogP contribution in [0.4, 0.5) is 0 Å². The maximum Gasteiger partial charge on any atom is 0.220 e. The lowest BCUT2D eigenvalue weighted by molar-refractivity contribution is -0.122. The molecule has 0 aliphatic heterocycles. The number of hydrogen-bond acceptors (Lipinski definition) is 1. The molecule has 0 saturated carbocycles. The monoisotopic (exact) mass is 295 g/mol. The summed E-state index contributed by atoms with van der Waals surface area (Å²) < 4.78 is 0. The zero-order chi connectivity index (χ0) is 14.8. The molecule has 1 aromatic carbocycles. The molecule has 1 amide bonds. The van der Waals surface area contributed by atoms with E-state index in [1.54, 1.807) is 0 Å². The first kappa shape index (κ1) is 17.0. The fraction of sp³-hybridized carbons (Fsp3) is 0.588. The van der Waals surface area contributed by atoms with Gasteiger partial charge in [-0.15, -0.1) is 11.6 Å². The molecule has 0 heterocycles. The molecule has 3 heteroatoms. The highest BCUT2D eigenvalue weighted by molar-refractivity contribution is 6.17. The number of hydrogen-bond donors (Lipinski definition) is 1. The Morgan fingerprint density at radius 3 is 2.45 bits per heavy atom. The second-order valence-electron chi connectivity index (χ2n) is 5.57. The van der Waals surface area contributed by atoms with Gasteiger partial charge in [0.1, 0.15) is 0 Å². The van der Waals surface area contributed by atoms with Gasteiger partial charge < -0.3 is 5.32 Å². The lowest BCUT2D eigenvalue weighted by atomic mass is 9.90. The van der Waals surface area contributed by atoms with Crippen molar-refractivity contribution in [2.45, 2.75) is 57.9 Å². The summed E-state index contributed by atoms with van der Waals surface area (Å²) in [5.74, 6) is 1.18. The van der Waals surface area contributed by atoms with Gasteiger partial charge in [-0.1, -0.05) is 43.2 Å². The number of unbranched alkanes of at least 4 members (excludes halogenated alkanes) is 2. The Kier molecular flexibility index (Phi) is 8.36. The van der Waals surface area contributed by atoms with Crippen LogP contribution in [0.2, 0.25) is 0 Å². The first-order valence-electron chi connectivity index (χ1n) is 7.53. The molecule has 0 aromatic heterocycles. The van der Waals surface area contributed by atoms with E-state index in [1.165, 1.54) is 5.56 Å². The average molecular weight is 296 g/mol. The smallest absolute Gasteiger partial charge is 0.220 e. The van der Waals surface area contributed by atoms with Crippen molar-refractivity contribution in [1.29, 1.82) is 0 Å². The Morgan fingerprint density at radius 2 is 1.85 bits per heavy atom. The Balaban J connectivity index is 2.57. The van der Waals surface area contributed by atoms with E-state index in [4.69, 9.17) is 11.6 Å². The first-order chi connectivity index (χ1) is 9.63. The van der Waals surface area contributed by atoms with Crippen LogP contribution in [0.1, 0.15) is 57.4 Å². The number of carbonyl (C=O) groups is 1. The van der Waals surface area contributed by atoms with Gasteiger partial charge in [-0.25, -0.2) is 0 Å². The van der Waals surface area contributed by atoms with Gasteiger partial charge in [0.25, 0.3) is 0 Å². The molecule has 112 valence electrons. The van der Waals surface area contributed by atoms with Gasteiger partial charge in [0.2, 0.25) is 5.91 Å². The number of rotatable bonds is 9. The summed E-state index contributed by atoms with van der Waals surface area (Å²) in [4.78, 5) is 12.0. The van der Waals surface area contributed by atoms with E-state index >= 15 is 0 Å². The van der Waals surface area contributed by atoms with Crippen molar-refractivity contribution in [2.75, 3.05) is 5.88 Å². The van der Waals surface area contributed by atoms with E-state index in [2.05, 4.69) is 17.4 Å². The Bertz CT molecular complexity index is 378. The topological polar surface area (TPSA) is 29.1 Å². The van der Waals surface area contributed by atoms with Crippen molar-refractivity contribution in [3.63, 3.8) is 0 Å². The highest BCUT2D eigenvalue weighted by Crippen LogP contribution is 2.26. The fourth-order valence-corrected chi connectivity index (χ4v) is 2.57. The van der Waals surface area contributed by atoms with Gasteiger partial charge >= 0.3 is 0 Å². The Hall–Kier alpha value is -1.02. The van der Waals surface area contributed by atoms with Crippen LogP contribution in [0, 0.1) is 0 Å². The SMILES string of the molecule is CC(C)NC(=O)CC(CCCCCCl)c1ccccc1. The van der Waals surface area contributed by atoms with E-state index in [-0.39, 0.29) is 11.9 Å². The number of carbonyl (C=O) groups excluding carboxylic acids is 1. The van der Waals surface area contributed by atoms with Crippen LogP contribution in [0.5, 0.6) is 0 Å². The quantitative estimate of drug-likeness (QED) is 0.528. The second kappa shape index (κ2) is 9.82. The third kappa shape index (κ3) is 6.95. The van der Waals surface area contributed by atoms with Crippen molar-refractivity contribution in [1.82, 2.24) is 5.32 Å². The van der Waals surface area contributed by atoms with E-state index in [1.807, 2.05) is 32.0 Å². The summed E-state index contributed by atoms with van der Waals surface area (Å²) in [5.41, 5.74) is 1.26. The highest BCUT2D eigenvalue weighted by atomic mass is 35.5. The molecule has 0 saturated heterocycles. The van der Waals surface area contributed by atoms with Crippen molar-refractivity contribution in [3.8, 4) is 0 Å². The highest BCUT2D eigenvalue weighted by Gasteiger charge is 2.16.